The normalized spacial score (nSPS) is 11.2. The van der Waals surface area contributed by atoms with Crippen molar-refractivity contribution in [2.45, 2.75) is 19.8 Å². The first-order valence-corrected chi connectivity index (χ1v) is 11.1. The topological polar surface area (TPSA) is 110 Å². The van der Waals surface area contributed by atoms with Gasteiger partial charge in [-0.2, -0.15) is 0 Å². The van der Waals surface area contributed by atoms with Gasteiger partial charge in [-0.05, 0) is 37.1 Å². The Balaban J connectivity index is 2.07. The summed E-state index contributed by atoms with van der Waals surface area (Å²) in [6.07, 6.45) is 1.29. The molecule has 0 fully saturated rings. The molecule has 0 unspecified atom stereocenters. The molecule has 0 aliphatic rings. The van der Waals surface area contributed by atoms with Crippen LogP contribution in [0.3, 0.4) is 0 Å². The zero-order chi connectivity index (χ0) is 21.8. The second kappa shape index (κ2) is 9.43. The van der Waals surface area contributed by atoms with Gasteiger partial charge in [-0.15, -0.1) is 0 Å². The maximum absolute atomic E-state index is 12.2. The number of non-ortho nitro benzene ring substituents is 1. The molecule has 8 nitrogen and oxygen atoms in total. The molecule has 2 aromatic rings. The molecule has 2 aromatic carbocycles. The lowest BCUT2D eigenvalue weighted by Crippen LogP contribution is -2.32. The molecular weight excluding hydrogens is 441 g/mol. The zero-order valence-corrected chi connectivity index (χ0v) is 18.0. The summed E-state index contributed by atoms with van der Waals surface area (Å²) in [6.45, 7) is 1.83. The first kappa shape index (κ1) is 22.9. The molecule has 29 heavy (non-hydrogen) atoms. The summed E-state index contributed by atoms with van der Waals surface area (Å²) < 4.78 is 25.6. The Bertz CT molecular complexity index is 1040. The van der Waals surface area contributed by atoms with Crippen LogP contribution in [0.25, 0.3) is 0 Å². The van der Waals surface area contributed by atoms with E-state index in [2.05, 4.69) is 5.32 Å². The Morgan fingerprint density at radius 3 is 2.52 bits per heavy atom. The standard InChI is InChI=1S/C18H19Cl2N3O5S/c1-12-5-6-13(19)10-17(12)22(29(2,27)28)9-3-4-18(24)21-16-11-14(23(25)26)7-8-15(16)20/h5-8,10-11H,3-4,9H2,1-2H3,(H,21,24). The Morgan fingerprint density at radius 1 is 1.21 bits per heavy atom. The van der Waals surface area contributed by atoms with Gasteiger partial charge in [0.1, 0.15) is 0 Å². The molecule has 1 N–H and O–H groups in total. The highest BCUT2D eigenvalue weighted by Gasteiger charge is 2.20. The lowest BCUT2D eigenvalue weighted by Gasteiger charge is -2.24. The highest BCUT2D eigenvalue weighted by Crippen LogP contribution is 2.28. The number of benzene rings is 2. The number of hydrogen-bond donors (Lipinski definition) is 1. The van der Waals surface area contributed by atoms with Gasteiger partial charge in [0.25, 0.3) is 5.69 Å². The van der Waals surface area contributed by atoms with Gasteiger partial charge < -0.3 is 5.32 Å². The van der Waals surface area contributed by atoms with Gasteiger partial charge in [0.2, 0.25) is 15.9 Å². The van der Waals surface area contributed by atoms with Crippen LogP contribution in [0.5, 0.6) is 0 Å². The molecule has 0 aromatic heterocycles. The summed E-state index contributed by atoms with van der Waals surface area (Å²) in [5, 5.41) is 13.9. The number of rotatable bonds is 8. The first-order chi connectivity index (χ1) is 13.5. The molecule has 11 heteroatoms. The van der Waals surface area contributed by atoms with Gasteiger partial charge in [0, 0.05) is 30.1 Å². The molecule has 1 amide bonds. The number of nitro benzene ring substituents is 1. The van der Waals surface area contributed by atoms with Crippen molar-refractivity contribution in [1.82, 2.24) is 0 Å². The Labute approximate surface area is 178 Å². The molecule has 2 rings (SSSR count). The van der Waals surface area contributed by atoms with Crippen molar-refractivity contribution in [3.05, 3.63) is 62.1 Å². The molecule has 0 saturated heterocycles. The van der Waals surface area contributed by atoms with Gasteiger partial charge in [-0.1, -0.05) is 29.3 Å². The van der Waals surface area contributed by atoms with Crippen LogP contribution >= 0.6 is 23.2 Å². The highest BCUT2D eigenvalue weighted by molar-refractivity contribution is 7.92. The Morgan fingerprint density at radius 2 is 1.90 bits per heavy atom. The number of nitrogens with one attached hydrogen (secondary N) is 1. The number of sulfonamides is 1. The molecule has 0 aliphatic carbocycles. The van der Waals surface area contributed by atoms with E-state index in [9.17, 15) is 23.3 Å². The molecule has 156 valence electrons. The fraction of sp³-hybridized carbons (Fsp3) is 0.278. The highest BCUT2D eigenvalue weighted by atomic mass is 35.5. The Kier molecular flexibility index (Phi) is 7.45. The summed E-state index contributed by atoms with van der Waals surface area (Å²) in [7, 11) is -3.59. The van der Waals surface area contributed by atoms with E-state index in [1.165, 1.54) is 22.5 Å². The van der Waals surface area contributed by atoms with E-state index < -0.39 is 20.9 Å². The van der Waals surface area contributed by atoms with Gasteiger partial charge in [-0.3, -0.25) is 19.2 Å². The number of nitro groups is 1. The summed E-state index contributed by atoms with van der Waals surface area (Å²) in [5.74, 6) is -0.441. The van der Waals surface area contributed by atoms with Crippen molar-refractivity contribution in [3.63, 3.8) is 0 Å². The number of carbonyl (C=O) groups is 1. The zero-order valence-electron chi connectivity index (χ0n) is 15.7. The molecule has 0 heterocycles. The van der Waals surface area contributed by atoms with Crippen LogP contribution in [0.4, 0.5) is 17.1 Å². The third-order valence-corrected chi connectivity index (χ3v) is 5.78. The smallest absolute Gasteiger partial charge is 0.271 e. The van der Waals surface area contributed by atoms with Crippen LogP contribution in [0.1, 0.15) is 18.4 Å². The predicted octanol–water partition coefficient (Wildman–Crippen LogP) is 4.39. The van der Waals surface area contributed by atoms with E-state index in [0.29, 0.717) is 10.7 Å². The van der Waals surface area contributed by atoms with Crippen LogP contribution in [0, 0.1) is 17.0 Å². The van der Waals surface area contributed by atoms with Crippen molar-refractivity contribution in [2.75, 3.05) is 22.4 Å². The van der Waals surface area contributed by atoms with Crippen LogP contribution in [-0.4, -0.2) is 32.0 Å². The number of halogens is 2. The lowest BCUT2D eigenvalue weighted by molar-refractivity contribution is -0.384. The monoisotopic (exact) mass is 459 g/mol. The predicted molar refractivity (Wildman–Crippen MR) is 114 cm³/mol. The average molecular weight is 460 g/mol. The molecule has 0 radical (unpaired) electrons. The van der Waals surface area contributed by atoms with E-state index in [0.717, 1.165) is 11.8 Å². The van der Waals surface area contributed by atoms with E-state index in [1.807, 2.05) is 0 Å². The van der Waals surface area contributed by atoms with Gasteiger partial charge >= 0.3 is 0 Å². The lowest BCUT2D eigenvalue weighted by atomic mass is 10.2. The number of carbonyl (C=O) groups excluding carboxylic acids is 1. The fourth-order valence-electron chi connectivity index (χ4n) is 2.63. The van der Waals surface area contributed by atoms with Crippen LogP contribution < -0.4 is 9.62 Å². The van der Waals surface area contributed by atoms with E-state index >= 15 is 0 Å². The van der Waals surface area contributed by atoms with Crippen molar-refractivity contribution in [1.29, 1.82) is 0 Å². The van der Waals surface area contributed by atoms with Crippen LogP contribution in [0.15, 0.2) is 36.4 Å². The van der Waals surface area contributed by atoms with E-state index in [-0.39, 0.29) is 35.8 Å². The van der Waals surface area contributed by atoms with Crippen molar-refractivity contribution in [3.8, 4) is 0 Å². The summed E-state index contributed by atoms with van der Waals surface area (Å²) in [6, 6.07) is 8.65. The molecular formula is C18H19Cl2N3O5S. The third kappa shape index (κ3) is 6.31. The molecule has 0 aliphatic heterocycles. The van der Waals surface area contributed by atoms with Crippen LogP contribution in [-0.2, 0) is 14.8 Å². The van der Waals surface area contributed by atoms with Crippen molar-refractivity contribution >= 4 is 56.2 Å². The van der Waals surface area contributed by atoms with Gasteiger partial charge in [0.15, 0.2) is 0 Å². The summed E-state index contributed by atoms with van der Waals surface area (Å²) in [5.41, 5.74) is 1.09. The largest absolute Gasteiger partial charge is 0.325 e. The second-order valence-electron chi connectivity index (χ2n) is 6.34. The summed E-state index contributed by atoms with van der Waals surface area (Å²) >= 11 is 12.0. The number of nitrogens with zero attached hydrogens (tertiary/aromatic N) is 2. The van der Waals surface area contributed by atoms with Crippen LogP contribution in [0.2, 0.25) is 10.0 Å². The number of anilines is 2. The second-order valence-corrected chi connectivity index (χ2v) is 9.09. The van der Waals surface area contributed by atoms with Crippen molar-refractivity contribution < 1.29 is 18.1 Å². The van der Waals surface area contributed by atoms with Gasteiger partial charge in [-0.25, -0.2) is 8.42 Å². The first-order valence-electron chi connectivity index (χ1n) is 8.46. The quantitative estimate of drug-likeness (QED) is 0.464. The van der Waals surface area contributed by atoms with Crippen molar-refractivity contribution in [2.24, 2.45) is 0 Å². The minimum absolute atomic E-state index is 0.00927. The molecule has 0 spiro atoms. The number of hydrogen-bond acceptors (Lipinski definition) is 5. The summed E-state index contributed by atoms with van der Waals surface area (Å²) in [4.78, 5) is 22.5. The fourth-order valence-corrected chi connectivity index (χ4v) is 3.98. The Hall–Kier alpha value is -2.36. The van der Waals surface area contributed by atoms with E-state index in [4.69, 9.17) is 23.2 Å². The molecule has 0 saturated carbocycles. The number of aryl methyl sites for hydroxylation is 1. The molecule has 0 atom stereocenters. The van der Waals surface area contributed by atoms with E-state index in [1.54, 1.807) is 25.1 Å². The van der Waals surface area contributed by atoms with Gasteiger partial charge in [0.05, 0.1) is 27.6 Å². The maximum atomic E-state index is 12.2. The SMILES string of the molecule is Cc1ccc(Cl)cc1N(CCCC(=O)Nc1cc([N+](=O)[O-])ccc1Cl)S(C)(=O)=O. The third-order valence-electron chi connectivity index (χ3n) is 4.04. The average Bonchev–Trinajstić information content (AvgIpc) is 2.61. The minimum atomic E-state index is -3.59. The minimum Gasteiger partial charge on any atom is -0.325 e. The number of amides is 1. The maximum Gasteiger partial charge on any atom is 0.271 e. The molecule has 0 bridgehead atoms.